The third kappa shape index (κ3) is 4.08. The summed E-state index contributed by atoms with van der Waals surface area (Å²) in [5.41, 5.74) is 21.3. The topological polar surface area (TPSA) is 0 Å². The van der Waals surface area contributed by atoms with E-state index in [2.05, 4.69) is 98.8 Å². The molecule has 0 amide bonds. The molecule has 0 radical (unpaired) electrons. The normalized spacial score (nSPS) is 16.2. The summed E-state index contributed by atoms with van der Waals surface area (Å²) in [5.74, 6) is 0. The predicted octanol–water partition coefficient (Wildman–Crippen LogP) is 9.60. The molecule has 8 rings (SSSR count). The molecule has 4 aromatic rings. The Balaban J connectivity index is 0.000000127. The van der Waals surface area contributed by atoms with Gasteiger partial charge in [-0.05, 0) is 132 Å². The van der Waals surface area contributed by atoms with Gasteiger partial charge in [-0.1, -0.05) is 96.1 Å². The van der Waals surface area contributed by atoms with Crippen LogP contribution in [0.15, 0.2) is 83.9 Å². The number of hydrogen-bond donors (Lipinski definition) is 0. The zero-order chi connectivity index (χ0) is 25.6. The van der Waals surface area contributed by atoms with Gasteiger partial charge in [0.05, 0.1) is 0 Å². The SMILES string of the molecule is CC1=Cc2c(cc3c(c2-c2ccccc2)CCC3)C1.CC1=Cc2c(cc3c(c2-c2ccccc2)CCC3)C1. The van der Waals surface area contributed by atoms with E-state index in [1.807, 2.05) is 0 Å². The van der Waals surface area contributed by atoms with Gasteiger partial charge in [-0.25, -0.2) is 0 Å². The van der Waals surface area contributed by atoms with E-state index in [9.17, 15) is 0 Å². The predicted molar refractivity (Wildman–Crippen MR) is 163 cm³/mol. The molecule has 0 saturated carbocycles. The third-order valence-corrected chi connectivity index (χ3v) is 8.90. The molecule has 4 aliphatic carbocycles. The fraction of sp³-hybridized carbons (Fsp3) is 0.263. The second kappa shape index (κ2) is 9.59. The fourth-order valence-electron chi connectivity index (χ4n) is 7.33. The first kappa shape index (κ1) is 23.5. The van der Waals surface area contributed by atoms with Crippen LogP contribution < -0.4 is 0 Å². The van der Waals surface area contributed by atoms with Crippen LogP contribution in [0.2, 0.25) is 0 Å². The first-order valence-corrected chi connectivity index (χ1v) is 14.5. The summed E-state index contributed by atoms with van der Waals surface area (Å²) in [5, 5.41) is 0. The van der Waals surface area contributed by atoms with Crippen LogP contribution in [0.5, 0.6) is 0 Å². The molecular weight excluding hydrogens is 456 g/mol. The molecule has 0 unspecified atom stereocenters. The van der Waals surface area contributed by atoms with Crippen molar-refractivity contribution in [3.05, 3.63) is 128 Å². The summed E-state index contributed by atoms with van der Waals surface area (Å²) in [7, 11) is 0. The number of allylic oxidation sites excluding steroid dienone is 2. The smallest absolute Gasteiger partial charge is 0.00603 e. The molecule has 4 aliphatic rings. The lowest BCUT2D eigenvalue weighted by Crippen LogP contribution is -1.95. The van der Waals surface area contributed by atoms with Crippen molar-refractivity contribution in [2.45, 2.75) is 65.2 Å². The number of benzene rings is 4. The third-order valence-electron chi connectivity index (χ3n) is 8.90. The summed E-state index contributed by atoms with van der Waals surface area (Å²) < 4.78 is 0. The Labute approximate surface area is 227 Å². The van der Waals surface area contributed by atoms with Crippen LogP contribution in [-0.4, -0.2) is 0 Å². The highest BCUT2D eigenvalue weighted by Crippen LogP contribution is 2.42. The first-order chi connectivity index (χ1) is 18.7. The molecule has 0 heterocycles. The number of hydrogen-bond acceptors (Lipinski definition) is 0. The van der Waals surface area contributed by atoms with Gasteiger partial charge in [0.15, 0.2) is 0 Å². The van der Waals surface area contributed by atoms with Crippen LogP contribution in [0.25, 0.3) is 34.4 Å². The maximum Gasteiger partial charge on any atom is -0.00603 e. The monoisotopic (exact) mass is 492 g/mol. The minimum Gasteiger partial charge on any atom is -0.0683 e. The Morgan fingerprint density at radius 1 is 0.474 bits per heavy atom. The molecule has 0 heteroatoms. The average Bonchev–Trinajstić information content (AvgIpc) is 3.73. The molecule has 0 atom stereocenters. The molecule has 4 aromatic carbocycles. The molecule has 38 heavy (non-hydrogen) atoms. The zero-order valence-electron chi connectivity index (χ0n) is 22.7. The summed E-state index contributed by atoms with van der Waals surface area (Å²) in [6, 6.07) is 26.8. The van der Waals surface area contributed by atoms with E-state index in [4.69, 9.17) is 0 Å². The molecule has 0 fully saturated rings. The summed E-state index contributed by atoms with van der Waals surface area (Å²) in [4.78, 5) is 0. The molecule has 0 nitrogen and oxygen atoms in total. The van der Waals surface area contributed by atoms with Crippen molar-refractivity contribution in [2.75, 3.05) is 0 Å². The number of rotatable bonds is 2. The summed E-state index contributed by atoms with van der Waals surface area (Å²) in [6.45, 7) is 4.50. The molecule has 0 saturated heterocycles. The summed E-state index contributed by atoms with van der Waals surface area (Å²) in [6.07, 6.45) is 14.8. The quantitative estimate of drug-likeness (QED) is 0.261. The van der Waals surface area contributed by atoms with Crippen LogP contribution in [-0.2, 0) is 38.5 Å². The highest BCUT2D eigenvalue weighted by atomic mass is 14.3. The van der Waals surface area contributed by atoms with E-state index in [0.29, 0.717) is 0 Å². The van der Waals surface area contributed by atoms with Gasteiger partial charge >= 0.3 is 0 Å². The highest BCUT2D eigenvalue weighted by Gasteiger charge is 2.25. The van der Waals surface area contributed by atoms with Gasteiger partial charge in [0.25, 0.3) is 0 Å². The molecule has 0 aromatic heterocycles. The minimum absolute atomic E-state index is 1.14. The van der Waals surface area contributed by atoms with Crippen molar-refractivity contribution in [2.24, 2.45) is 0 Å². The first-order valence-electron chi connectivity index (χ1n) is 14.5. The summed E-state index contributed by atoms with van der Waals surface area (Å²) >= 11 is 0. The van der Waals surface area contributed by atoms with E-state index >= 15 is 0 Å². The second-order valence-corrected chi connectivity index (χ2v) is 11.7. The van der Waals surface area contributed by atoms with Crippen molar-refractivity contribution >= 4 is 12.2 Å². The molecular formula is C38H36. The lowest BCUT2D eigenvalue weighted by molar-refractivity contribution is 0.912. The Bertz CT molecular complexity index is 1470. The highest BCUT2D eigenvalue weighted by molar-refractivity contribution is 5.85. The van der Waals surface area contributed by atoms with Gasteiger partial charge in [-0.2, -0.15) is 0 Å². The molecule has 188 valence electrons. The van der Waals surface area contributed by atoms with E-state index in [1.165, 1.54) is 94.2 Å². The van der Waals surface area contributed by atoms with Crippen molar-refractivity contribution in [3.63, 3.8) is 0 Å². The van der Waals surface area contributed by atoms with Gasteiger partial charge in [0.1, 0.15) is 0 Å². The van der Waals surface area contributed by atoms with E-state index in [-0.39, 0.29) is 0 Å². The van der Waals surface area contributed by atoms with Gasteiger partial charge < -0.3 is 0 Å². The molecule has 0 N–H and O–H groups in total. The van der Waals surface area contributed by atoms with Crippen LogP contribution in [0, 0.1) is 0 Å². The lowest BCUT2D eigenvalue weighted by atomic mass is 9.90. The molecule has 0 bridgehead atoms. The van der Waals surface area contributed by atoms with Crippen LogP contribution in [0.1, 0.15) is 71.2 Å². The maximum absolute atomic E-state index is 2.47. The minimum atomic E-state index is 1.14. The van der Waals surface area contributed by atoms with Gasteiger partial charge in [-0.3, -0.25) is 0 Å². The maximum atomic E-state index is 2.47. The van der Waals surface area contributed by atoms with E-state index in [1.54, 1.807) is 22.3 Å². The fourth-order valence-corrected chi connectivity index (χ4v) is 7.33. The largest absolute Gasteiger partial charge is 0.0683 e. The van der Waals surface area contributed by atoms with Gasteiger partial charge in [-0.15, -0.1) is 0 Å². The van der Waals surface area contributed by atoms with Gasteiger partial charge in [0, 0.05) is 0 Å². The van der Waals surface area contributed by atoms with Crippen LogP contribution >= 0.6 is 0 Å². The lowest BCUT2D eigenvalue weighted by Gasteiger charge is -2.14. The Kier molecular flexibility index (Phi) is 5.92. The second-order valence-electron chi connectivity index (χ2n) is 11.7. The Hall–Kier alpha value is -3.64. The molecule has 0 spiro atoms. The van der Waals surface area contributed by atoms with Crippen LogP contribution in [0.4, 0.5) is 0 Å². The average molecular weight is 493 g/mol. The van der Waals surface area contributed by atoms with Gasteiger partial charge in [0.2, 0.25) is 0 Å². The van der Waals surface area contributed by atoms with Crippen molar-refractivity contribution in [1.82, 2.24) is 0 Å². The van der Waals surface area contributed by atoms with Crippen molar-refractivity contribution < 1.29 is 0 Å². The Morgan fingerprint density at radius 2 is 0.895 bits per heavy atom. The standard InChI is InChI=1S/2C19H18/c2*1-13-10-16-12-15-8-5-9-17(15)19(18(16)11-13)14-6-3-2-4-7-14/h2*2-4,6-7,11-12H,5,8-10H2,1H3. The van der Waals surface area contributed by atoms with E-state index in [0.717, 1.165) is 12.8 Å². The van der Waals surface area contributed by atoms with E-state index < -0.39 is 0 Å². The number of fused-ring (bicyclic) bond motifs is 4. The van der Waals surface area contributed by atoms with Crippen molar-refractivity contribution in [3.8, 4) is 22.3 Å². The zero-order valence-corrected chi connectivity index (χ0v) is 22.7. The van der Waals surface area contributed by atoms with Crippen molar-refractivity contribution in [1.29, 1.82) is 0 Å². The number of aryl methyl sites for hydroxylation is 2. The molecule has 0 aliphatic heterocycles. The van der Waals surface area contributed by atoms with Crippen LogP contribution in [0.3, 0.4) is 0 Å². The Morgan fingerprint density at radius 3 is 1.32 bits per heavy atom.